The van der Waals surface area contributed by atoms with E-state index < -0.39 is 0 Å². The molecule has 1 saturated heterocycles. The molecule has 1 rings (SSSR count). The Morgan fingerprint density at radius 1 is 1.31 bits per heavy atom. The van der Waals surface area contributed by atoms with Crippen LogP contribution in [0.4, 0.5) is 0 Å². The van der Waals surface area contributed by atoms with Crippen LogP contribution < -0.4 is 0 Å². The monoisotopic (exact) mass is 181 g/mol. The quantitative estimate of drug-likeness (QED) is 0.605. The van der Waals surface area contributed by atoms with Crippen molar-refractivity contribution in [2.45, 2.75) is 39.5 Å². The third-order valence-electron chi connectivity index (χ3n) is 3.12. The van der Waals surface area contributed by atoms with E-state index in [2.05, 4.69) is 30.9 Å². The summed E-state index contributed by atoms with van der Waals surface area (Å²) in [6.45, 7) is 8.20. The summed E-state index contributed by atoms with van der Waals surface area (Å²) in [6, 6.07) is 0. The Balaban J connectivity index is 2.27. The molecule has 76 valence electrons. The molecule has 0 aromatic heterocycles. The van der Waals surface area contributed by atoms with Crippen molar-refractivity contribution in [3.8, 4) is 0 Å². The Morgan fingerprint density at radius 2 is 2.15 bits per heavy atom. The fourth-order valence-electron chi connectivity index (χ4n) is 2.07. The van der Waals surface area contributed by atoms with Crippen LogP contribution in [0.5, 0.6) is 0 Å². The second-order valence-electron chi connectivity index (χ2n) is 4.07. The number of likely N-dealkylation sites (tertiary alicyclic amines) is 1. The Hall–Kier alpha value is -0.300. The predicted octanol–water partition coefficient (Wildman–Crippen LogP) is 3.07. The van der Waals surface area contributed by atoms with Crippen molar-refractivity contribution in [1.82, 2.24) is 4.90 Å². The van der Waals surface area contributed by atoms with E-state index in [0.717, 1.165) is 12.5 Å². The zero-order valence-electron chi connectivity index (χ0n) is 9.13. The van der Waals surface area contributed by atoms with E-state index >= 15 is 0 Å². The van der Waals surface area contributed by atoms with Crippen molar-refractivity contribution in [3.05, 3.63) is 12.2 Å². The molecule has 0 aromatic rings. The standard InChI is InChI=1S/C12H23N/c1-3-5-9-13-10-6-7-12(4-2)8-11-13/h3,5,12H,4,6-11H2,1-2H3/b5-3+. The molecule has 1 atom stereocenters. The van der Waals surface area contributed by atoms with E-state index in [4.69, 9.17) is 0 Å². The van der Waals surface area contributed by atoms with Gasteiger partial charge in [-0.05, 0) is 45.2 Å². The van der Waals surface area contributed by atoms with Crippen LogP contribution in [0.1, 0.15) is 39.5 Å². The summed E-state index contributed by atoms with van der Waals surface area (Å²) in [5, 5.41) is 0. The summed E-state index contributed by atoms with van der Waals surface area (Å²) in [5.41, 5.74) is 0. The molecular weight excluding hydrogens is 158 g/mol. The largest absolute Gasteiger partial charge is 0.300 e. The van der Waals surface area contributed by atoms with Crippen molar-refractivity contribution in [2.75, 3.05) is 19.6 Å². The van der Waals surface area contributed by atoms with E-state index in [1.807, 2.05) is 0 Å². The van der Waals surface area contributed by atoms with Crippen molar-refractivity contribution in [1.29, 1.82) is 0 Å². The van der Waals surface area contributed by atoms with E-state index in [1.54, 1.807) is 0 Å². The van der Waals surface area contributed by atoms with Crippen LogP contribution in [0.15, 0.2) is 12.2 Å². The molecule has 1 heteroatoms. The zero-order chi connectivity index (χ0) is 9.52. The van der Waals surface area contributed by atoms with Crippen LogP contribution in [0.25, 0.3) is 0 Å². The Bertz CT molecular complexity index is 151. The highest BCUT2D eigenvalue weighted by atomic mass is 15.1. The lowest BCUT2D eigenvalue weighted by molar-refractivity contribution is 0.309. The molecule has 0 N–H and O–H groups in total. The van der Waals surface area contributed by atoms with Gasteiger partial charge in [0, 0.05) is 6.54 Å². The fraction of sp³-hybridized carbons (Fsp3) is 0.833. The molecule has 1 unspecified atom stereocenters. The maximum Gasteiger partial charge on any atom is 0.0163 e. The minimum Gasteiger partial charge on any atom is -0.300 e. The van der Waals surface area contributed by atoms with Crippen molar-refractivity contribution < 1.29 is 0 Å². The highest BCUT2D eigenvalue weighted by molar-refractivity contribution is 4.82. The van der Waals surface area contributed by atoms with Gasteiger partial charge in [0.15, 0.2) is 0 Å². The van der Waals surface area contributed by atoms with Gasteiger partial charge >= 0.3 is 0 Å². The third-order valence-corrected chi connectivity index (χ3v) is 3.12. The molecule has 0 radical (unpaired) electrons. The van der Waals surface area contributed by atoms with Crippen molar-refractivity contribution in [2.24, 2.45) is 5.92 Å². The maximum atomic E-state index is 2.58. The molecule has 0 bridgehead atoms. The minimum absolute atomic E-state index is 0.996. The Labute approximate surface area is 82.8 Å². The molecule has 1 nitrogen and oxygen atoms in total. The van der Waals surface area contributed by atoms with E-state index in [9.17, 15) is 0 Å². The molecule has 1 aliphatic heterocycles. The van der Waals surface area contributed by atoms with Gasteiger partial charge in [-0.25, -0.2) is 0 Å². The summed E-state index contributed by atoms with van der Waals surface area (Å²) >= 11 is 0. The lowest BCUT2D eigenvalue weighted by atomic mass is 9.98. The maximum absolute atomic E-state index is 2.58. The van der Waals surface area contributed by atoms with E-state index in [1.165, 1.54) is 38.8 Å². The lowest BCUT2D eigenvalue weighted by Crippen LogP contribution is -2.24. The second-order valence-corrected chi connectivity index (χ2v) is 4.07. The average molecular weight is 181 g/mol. The van der Waals surface area contributed by atoms with Crippen LogP contribution in [0, 0.1) is 5.92 Å². The van der Waals surface area contributed by atoms with Crippen LogP contribution in [0.3, 0.4) is 0 Å². The minimum atomic E-state index is 0.996. The second kappa shape index (κ2) is 6.20. The molecule has 0 aromatic carbocycles. The van der Waals surface area contributed by atoms with Gasteiger partial charge in [0.25, 0.3) is 0 Å². The number of hydrogen-bond donors (Lipinski definition) is 0. The Kier molecular flexibility index (Phi) is 5.14. The number of rotatable bonds is 3. The van der Waals surface area contributed by atoms with Gasteiger partial charge in [0.2, 0.25) is 0 Å². The molecular formula is C12H23N. The molecule has 0 aliphatic carbocycles. The first kappa shape index (κ1) is 10.8. The molecule has 13 heavy (non-hydrogen) atoms. The molecule has 1 fully saturated rings. The summed E-state index contributed by atoms with van der Waals surface area (Å²) in [6.07, 6.45) is 10.1. The molecule has 0 spiro atoms. The topological polar surface area (TPSA) is 3.24 Å². The van der Waals surface area contributed by atoms with Gasteiger partial charge in [0.1, 0.15) is 0 Å². The number of nitrogens with zero attached hydrogens (tertiary/aromatic N) is 1. The van der Waals surface area contributed by atoms with E-state index in [0.29, 0.717) is 0 Å². The van der Waals surface area contributed by atoms with Gasteiger partial charge in [-0.3, -0.25) is 4.90 Å². The molecule has 1 heterocycles. The van der Waals surface area contributed by atoms with Crippen LogP contribution in [0.2, 0.25) is 0 Å². The van der Waals surface area contributed by atoms with Gasteiger partial charge in [-0.2, -0.15) is 0 Å². The first-order chi connectivity index (χ1) is 6.36. The van der Waals surface area contributed by atoms with Crippen LogP contribution in [-0.2, 0) is 0 Å². The molecule has 0 saturated carbocycles. The smallest absolute Gasteiger partial charge is 0.0163 e. The summed E-state index contributed by atoms with van der Waals surface area (Å²) in [5.74, 6) is 0.996. The lowest BCUT2D eigenvalue weighted by Gasteiger charge is -2.17. The average Bonchev–Trinajstić information content (AvgIpc) is 2.39. The zero-order valence-corrected chi connectivity index (χ0v) is 9.13. The normalized spacial score (nSPS) is 26.5. The summed E-state index contributed by atoms with van der Waals surface area (Å²) < 4.78 is 0. The van der Waals surface area contributed by atoms with Gasteiger partial charge in [0.05, 0.1) is 0 Å². The van der Waals surface area contributed by atoms with Crippen molar-refractivity contribution in [3.63, 3.8) is 0 Å². The predicted molar refractivity (Wildman–Crippen MR) is 58.9 cm³/mol. The first-order valence-corrected chi connectivity index (χ1v) is 5.70. The van der Waals surface area contributed by atoms with Gasteiger partial charge < -0.3 is 0 Å². The fourth-order valence-corrected chi connectivity index (χ4v) is 2.07. The van der Waals surface area contributed by atoms with Gasteiger partial charge in [-0.1, -0.05) is 25.5 Å². The first-order valence-electron chi connectivity index (χ1n) is 5.70. The summed E-state index contributed by atoms with van der Waals surface area (Å²) in [4.78, 5) is 2.58. The highest BCUT2D eigenvalue weighted by Gasteiger charge is 2.13. The highest BCUT2D eigenvalue weighted by Crippen LogP contribution is 2.19. The van der Waals surface area contributed by atoms with Crippen molar-refractivity contribution >= 4 is 0 Å². The van der Waals surface area contributed by atoms with Gasteiger partial charge in [-0.15, -0.1) is 0 Å². The Morgan fingerprint density at radius 3 is 2.85 bits per heavy atom. The molecule has 0 amide bonds. The number of hydrogen-bond acceptors (Lipinski definition) is 1. The van der Waals surface area contributed by atoms with Crippen LogP contribution >= 0.6 is 0 Å². The van der Waals surface area contributed by atoms with Crippen LogP contribution in [-0.4, -0.2) is 24.5 Å². The third kappa shape index (κ3) is 3.95. The summed E-state index contributed by atoms with van der Waals surface area (Å²) in [7, 11) is 0. The number of allylic oxidation sites excluding steroid dienone is 1. The SMILES string of the molecule is C/C=C/CN1CCCC(CC)CC1. The molecule has 1 aliphatic rings. The van der Waals surface area contributed by atoms with E-state index in [-0.39, 0.29) is 0 Å².